The van der Waals surface area contributed by atoms with Crippen LogP contribution >= 0.6 is 23.6 Å². The summed E-state index contributed by atoms with van der Waals surface area (Å²) in [6, 6.07) is 3.91. The van der Waals surface area contributed by atoms with Crippen LogP contribution in [0.2, 0.25) is 0 Å². The summed E-state index contributed by atoms with van der Waals surface area (Å²) in [5.74, 6) is 0.575. The molecule has 0 unspecified atom stereocenters. The van der Waals surface area contributed by atoms with Crippen LogP contribution in [0.4, 0.5) is 0 Å². The number of aromatic amines is 1. The Hall–Kier alpha value is -1.51. The molecule has 6 nitrogen and oxygen atoms in total. The van der Waals surface area contributed by atoms with Crippen molar-refractivity contribution in [2.45, 2.75) is 19.9 Å². The van der Waals surface area contributed by atoms with Gasteiger partial charge in [-0.25, -0.2) is 5.48 Å². The maximum absolute atomic E-state index is 11.5. The smallest absolute Gasteiger partial charge is 0.245 e. The zero-order chi connectivity index (χ0) is 13.7. The molecule has 0 saturated carbocycles. The van der Waals surface area contributed by atoms with Gasteiger partial charge in [-0.2, -0.15) is 5.10 Å². The minimum Gasteiger partial charge on any atom is -0.299 e. The fraction of sp³-hybridized carbons (Fsp3) is 0.364. The number of carbonyl (C=O) groups excluding carboxylic acids is 1. The molecule has 0 aromatic carbocycles. The molecule has 102 valence electrons. The highest BCUT2D eigenvalue weighted by molar-refractivity contribution is 7.71. The van der Waals surface area contributed by atoms with Gasteiger partial charge in [0.25, 0.3) is 0 Å². The van der Waals surface area contributed by atoms with E-state index in [1.165, 1.54) is 0 Å². The van der Waals surface area contributed by atoms with E-state index in [-0.39, 0.29) is 12.3 Å². The normalized spacial score (nSPS) is 10.6. The molecule has 8 heteroatoms. The fourth-order valence-electron chi connectivity index (χ4n) is 1.54. The van der Waals surface area contributed by atoms with E-state index < -0.39 is 0 Å². The van der Waals surface area contributed by atoms with Crippen LogP contribution in [0.5, 0.6) is 0 Å². The quantitative estimate of drug-likeness (QED) is 0.633. The summed E-state index contributed by atoms with van der Waals surface area (Å²) in [7, 11) is 0. The van der Waals surface area contributed by atoms with Crippen molar-refractivity contribution in [3.05, 3.63) is 22.3 Å². The lowest BCUT2D eigenvalue weighted by atomic mass is 10.4. The number of aromatic nitrogens is 3. The Kier molecular flexibility index (Phi) is 4.83. The average Bonchev–Trinajstić information content (AvgIpc) is 3.03. The summed E-state index contributed by atoms with van der Waals surface area (Å²) in [5, 5.41) is 8.91. The maximum Gasteiger partial charge on any atom is 0.245 e. The lowest BCUT2D eigenvalue weighted by molar-refractivity contribution is -0.133. The number of hydrogen-bond donors (Lipinski definition) is 2. The number of rotatable bonds is 6. The molecule has 2 N–H and O–H groups in total. The molecule has 0 saturated heterocycles. The second kappa shape index (κ2) is 6.60. The van der Waals surface area contributed by atoms with Crippen LogP contribution in [0, 0.1) is 4.77 Å². The molecule has 0 aliphatic carbocycles. The van der Waals surface area contributed by atoms with E-state index in [9.17, 15) is 4.79 Å². The molecule has 0 aliphatic heterocycles. The zero-order valence-electron chi connectivity index (χ0n) is 10.4. The molecule has 2 rings (SSSR count). The first kappa shape index (κ1) is 13.9. The van der Waals surface area contributed by atoms with Crippen LogP contribution in [0.15, 0.2) is 17.5 Å². The number of hydroxylamine groups is 1. The predicted molar refractivity (Wildman–Crippen MR) is 75.1 cm³/mol. The summed E-state index contributed by atoms with van der Waals surface area (Å²) in [5.41, 5.74) is 2.35. The number of carbonyl (C=O) groups is 1. The lowest BCUT2D eigenvalue weighted by Crippen LogP contribution is -2.24. The molecule has 0 atom stereocenters. The summed E-state index contributed by atoms with van der Waals surface area (Å²) in [6.45, 7) is 2.71. The highest BCUT2D eigenvalue weighted by Crippen LogP contribution is 2.22. The highest BCUT2D eigenvalue weighted by Gasteiger charge is 2.11. The summed E-state index contributed by atoms with van der Waals surface area (Å²) in [6.07, 6.45) is 0.284. The Balaban J connectivity index is 2.06. The van der Waals surface area contributed by atoms with Crippen molar-refractivity contribution >= 4 is 29.5 Å². The minimum absolute atomic E-state index is 0.179. The van der Waals surface area contributed by atoms with E-state index in [2.05, 4.69) is 15.7 Å². The Morgan fingerprint density at radius 1 is 1.68 bits per heavy atom. The van der Waals surface area contributed by atoms with Crippen LogP contribution in [0.25, 0.3) is 10.7 Å². The minimum atomic E-state index is -0.179. The van der Waals surface area contributed by atoms with Gasteiger partial charge in [-0.3, -0.25) is 19.3 Å². The first-order valence-electron chi connectivity index (χ1n) is 5.82. The molecular weight excluding hydrogens is 284 g/mol. The van der Waals surface area contributed by atoms with E-state index in [4.69, 9.17) is 17.1 Å². The third-order valence-electron chi connectivity index (χ3n) is 2.39. The SMILES string of the molecule is CCONC(=O)CCn1c(-c2cccs2)n[nH]c1=S. The number of thiophene rings is 1. The van der Waals surface area contributed by atoms with Gasteiger partial charge in [0.05, 0.1) is 11.5 Å². The van der Waals surface area contributed by atoms with Gasteiger partial charge in [-0.1, -0.05) is 6.07 Å². The fourth-order valence-corrected chi connectivity index (χ4v) is 2.48. The lowest BCUT2D eigenvalue weighted by Gasteiger charge is -2.06. The van der Waals surface area contributed by atoms with E-state index in [1.807, 2.05) is 22.1 Å². The van der Waals surface area contributed by atoms with Gasteiger partial charge in [0.15, 0.2) is 10.6 Å². The molecule has 0 radical (unpaired) electrons. The van der Waals surface area contributed by atoms with Crippen LogP contribution in [0.1, 0.15) is 13.3 Å². The standard InChI is InChI=1S/C11H14N4O2S2/c1-2-17-14-9(16)5-6-15-10(12-13-11(15)18)8-4-3-7-19-8/h3-4,7H,2,5-6H2,1H3,(H,13,18)(H,14,16). The van der Waals surface area contributed by atoms with Gasteiger partial charge < -0.3 is 0 Å². The molecule has 2 heterocycles. The molecular formula is C11H14N4O2S2. The number of nitrogens with zero attached hydrogens (tertiary/aromatic N) is 2. The van der Waals surface area contributed by atoms with Crippen LogP contribution in [0.3, 0.4) is 0 Å². The Morgan fingerprint density at radius 3 is 3.21 bits per heavy atom. The van der Waals surface area contributed by atoms with Crippen molar-refractivity contribution in [3.8, 4) is 10.7 Å². The van der Waals surface area contributed by atoms with Gasteiger partial charge in [-0.05, 0) is 30.6 Å². The molecule has 2 aromatic heterocycles. The number of H-pyrrole nitrogens is 1. The summed E-state index contributed by atoms with van der Waals surface area (Å²) in [4.78, 5) is 17.3. The van der Waals surface area contributed by atoms with E-state index >= 15 is 0 Å². The third kappa shape index (κ3) is 3.49. The van der Waals surface area contributed by atoms with Crippen molar-refractivity contribution in [1.29, 1.82) is 0 Å². The molecule has 1 amide bonds. The van der Waals surface area contributed by atoms with E-state index in [0.717, 1.165) is 10.7 Å². The highest BCUT2D eigenvalue weighted by atomic mass is 32.1. The zero-order valence-corrected chi connectivity index (χ0v) is 12.0. The first-order valence-corrected chi connectivity index (χ1v) is 7.11. The van der Waals surface area contributed by atoms with Gasteiger partial charge in [0, 0.05) is 13.0 Å². The van der Waals surface area contributed by atoms with Crippen molar-refractivity contribution in [2.24, 2.45) is 0 Å². The van der Waals surface area contributed by atoms with Crippen molar-refractivity contribution < 1.29 is 9.63 Å². The average molecular weight is 298 g/mol. The monoisotopic (exact) mass is 298 g/mol. The van der Waals surface area contributed by atoms with Gasteiger partial charge >= 0.3 is 0 Å². The second-order valence-corrected chi connectivity index (χ2v) is 5.02. The van der Waals surface area contributed by atoms with E-state index in [0.29, 0.717) is 17.9 Å². The Bertz CT molecular complexity index is 588. The molecule has 0 bridgehead atoms. The Labute approximate surface area is 119 Å². The topological polar surface area (TPSA) is 71.9 Å². The van der Waals surface area contributed by atoms with Crippen molar-refractivity contribution in [1.82, 2.24) is 20.2 Å². The molecule has 2 aromatic rings. The van der Waals surface area contributed by atoms with Crippen molar-refractivity contribution in [3.63, 3.8) is 0 Å². The van der Waals surface area contributed by atoms with Crippen molar-refractivity contribution in [2.75, 3.05) is 6.61 Å². The summed E-state index contributed by atoms with van der Waals surface area (Å²) < 4.78 is 2.32. The first-order chi connectivity index (χ1) is 9.22. The molecule has 0 aliphatic rings. The van der Waals surface area contributed by atoms with Crippen LogP contribution in [-0.2, 0) is 16.2 Å². The van der Waals surface area contributed by atoms with Gasteiger partial charge in [0.2, 0.25) is 5.91 Å². The number of hydrogen-bond acceptors (Lipinski definition) is 5. The molecule has 0 fully saturated rings. The second-order valence-electron chi connectivity index (χ2n) is 3.69. The maximum atomic E-state index is 11.5. The van der Waals surface area contributed by atoms with Gasteiger partial charge in [0.1, 0.15) is 0 Å². The number of amides is 1. The molecule has 19 heavy (non-hydrogen) atoms. The van der Waals surface area contributed by atoms with Crippen LogP contribution < -0.4 is 5.48 Å². The van der Waals surface area contributed by atoms with Gasteiger partial charge in [-0.15, -0.1) is 11.3 Å². The predicted octanol–water partition coefficient (Wildman–Crippen LogP) is 2.13. The third-order valence-corrected chi connectivity index (χ3v) is 3.57. The summed E-state index contributed by atoms with van der Waals surface area (Å²) >= 11 is 6.75. The van der Waals surface area contributed by atoms with E-state index in [1.54, 1.807) is 18.3 Å². The molecule has 0 spiro atoms. The van der Waals surface area contributed by atoms with Crippen LogP contribution in [-0.4, -0.2) is 27.3 Å². The largest absolute Gasteiger partial charge is 0.299 e. The Morgan fingerprint density at radius 2 is 2.53 bits per heavy atom. The number of nitrogens with one attached hydrogen (secondary N) is 2.